The smallest absolute Gasteiger partial charge is 0.269 e. The maximum absolute atomic E-state index is 14.6. The number of halogens is 3. The van der Waals surface area contributed by atoms with Crippen LogP contribution < -0.4 is 10.6 Å². The molecule has 4 aromatic rings. The maximum Gasteiger partial charge on any atom is 0.269 e. The zero-order valence-electron chi connectivity index (χ0n) is 19.2. The molecule has 182 valence electrons. The number of carbonyl (C=O) groups excluding carboxylic acids is 1. The van der Waals surface area contributed by atoms with E-state index in [0.29, 0.717) is 23.1 Å². The molecule has 1 aliphatic carbocycles. The number of aryl methyl sites for hydroxylation is 2. The van der Waals surface area contributed by atoms with Crippen LogP contribution in [0.3, 0.4) is 0 Å². The number of H-pyrrole nitrogens is 1. The summed E-state index contributed by atoms with van der Waals surface area (Å²) in [6, 6.07) is 4.43. The van der Waals surface area contributed by atoms with Gasteiger partial charge < -0.3 is 15.6 Å². The van der Waals surface area contributed by atoms with Crippen LogP contribution in [0.1, 0.15) is 41.9 Å². The Morgan fingerprint density at radius 2 is 2.00 bits per heavy atom. The third-order valence-electron chi connectivity index (χ3n) is 6.28. The van der Waals surface area contributed by atoms with Crippen molar-refractivity contribution in [2.45, 2.75) is 44.7 Å². The van der Waals surface area contributed by atoms with Crippen molar-refractivity contribution < 1.29 is 13.6 Å². The number of benzene rings is 1. The molecule has 3 N–H and O–H groups in total. The Morgan fingerprint density at radius 1 is 1.20 bits per heavy atom. The zero-order chi connectivity index (χ0) is 24.7. The number of hydrogen-bond acceptors (Lipinski definition) is 5. The minimum absolute atomic E-state index is 0.0612. The summed E-state index contributed by atoms with van der Waals surface area (Å²) in [5.41, 5.74) is 2.07. The van der Waals surface area contributed by atoms with Crippen molar-refractivity contribution in [2.75, 3.05) is 5.32 Å². The first-order chi connectivity index (χ1) is 16.8. The van der Waals surface area contributed by atoms with Crippen molar-refractivity contribution in [1.82, 2.24) is 30.0 Å². The molecule has 5 rings (SSSR count). The van der Waals surface area contributed by atoms with E-state index >= 15 is 0 Å². The molecule has 1 fully saturated rings. The highest BCUT2D eigenvalue weighted by atomic mass is 35.5. The Kier molecular flexibility index (Phi) is 6.14. The van der Waals surface area contributed by atoms with Gasteiger partial charge in [-0.15, -0.1) is 0 Å². The average Bonchev–Trinajstić information content (AvgIpc) is 3.38. The fourth-order valence-electron chi connectivity index (χ4n) is 4.67. The largest absolute Gasteiger partial charge is 0.365 e. The van der Waals surface area contributed by atoms with E-state index in [1.807, 2.05) is 6.92 Å². The fraction of sp³-hybridized carbons (Fsp3) is 0.333. The van der Waals surface area contributed by atoms with E-state index in [1.54, 1.807) is 30.1 Å². The highest BCUT2D eigenvalue weighted by Gasteiger charge is 2.26. The highest BCUT2D eigenvalue weighted by Crippen LogP contribution is 2.32. The molecule has 35 heavy (non-hydrogen) atoms. The number of amides is 1. The Morgan fingerprint density at radius 3 is 2.77 bits per heavy atom. The third kappa shape index (κ3) is 4.70. The second-order valence-corrected chi connectivity index (χ2v) is 9.31. The molecule has 0 saturated heterocycles. The van der Waals surface area contributed by atoms with Gasteiger partial charge in [0.15, 0.2) is 17.5 Å². The molecule has 0 aliphatic heterocycles. The van der Waals surface area contributed by atoms with E-state index in [1.165, 1.54) is 6.07 Å². The average molecular weight is 500 g/mol. The Balaban J connectivity index is 1.33. The van der Waals surface area contributed by atoms with Gasteiger partial charge >= 0.3 is 0 Å². The van der Waals surface area contributed by atoms with Crippen LogP contribution in [0.2, 0.25) is 5.02 Å². The first-order valence-electron chi connectivity index (χ1n) is 11.4. The molecule has 2 atom stereocenters. The molecule has 8 nitrogen and oxygen atoms in total. The molecule has 1 aliphatic rings. The molecule has 0 radical (unpaired) electrons. The van der Waals surface area contributed by atoms with Gasteiger partial charge in [0.1, 0.15) is 11.5 Å². The number of nitrogens with one attached hydrogen (secondary N) is 3. The molecular formula is C24H24ClF2N7O. The van der Waals surface area contributed by atoms with Crippen molar-refractivity contribution in [2.24, 2.45) is 7.05 Å². The van der Waals surface area contributed by atoms with Crippen molar-refractivity contribution in [3.63, 3.8) is 0 Å². The summed E-state index contributed by atoms with van der Waals surface area (Å²) < 4.78 is 30.4. The lowest BCUT2D eigenvalue weighted by atomic mass is 9.91. The third-order valence-corrected chi connectivity index (χ3v) is 6.49. The van der Waals surface area contributed by atoms with Crippen molar-refractivity contribution in [3.8, 4) is 11.4 Å². The maximum atomic E-state index is 14.6. The first kappa shape index (κ1) is 23.2. The van der Waals surface area contributed by atoms with E-state index < -0.39 is 11.6 Å². The molecule has 11 heteroatoms. The van der Waals surface area contributed by atoms with E-state index in [4.69, 9.17) is 11.6 Å². The van der Waals surface area contributed by atoms with Crippen molar-refractivity contribution >= 4 is 34.2 Å². The van der Waals surface area contributed by atoms with Gasteiger partial charge in [-0.2, -0.15) is 5.10 Å². The molecule has 1 saturated carbocycles. The predicted molar refractivity (Wildman–Crippen MR) is 129 cm³/mol. The number of hydrogen-bond donors (Lipinski definition) is 3. The van der Waals surface area contributed by atoms with Crippen molar-refractivity contribution in [1.29, 1.82) is 0 Å². The van der Waals surface area contributed by atoms with Crippen LogP contribution in [0.4, 0.5) is 14.6 Å². The molecular weight excluding hydrogens is 476 g/mol. The molecule has 3 aromatic heterocycles. The lowest BCUT2D eigenvalue weighted by molar-refractivity contribution is 0.0917. The van der Waals surface area contributed by atoms with Gasteiger partial charge in [-0.25, -0.2) is 18.7 Å². The number of rotatable bonds is 5. The van der Waals surface area contributed by atoms with E-state index in [9.17, 15) is 13.6 Å². The summed E-state index contributed by atoms with van der Waals surface area (Å²) in [5, 5.41) is 11.2. The standard InChI is InChI=1S/C24H24ClF2N7O/c1-12-6-20(34(2)33-12)24(35)31-15-5-3-4-14(9-15)30-23-19(27)11-29-22(32-23)17-10-28-21-16(17)7-13(25)8-18(21)26/h6-8,10-11,14-15,28H,3-5,9H2,1-2H3,(H,31,35)(H,29,30,32)/t14-,15?/m0/s1. The normalized spacial score (nSPS) is 18.1. The van der Waals surface area contributed by atoms with Gasteiger partial charge in [-0.05, 0) is 50.8 Å². The summed E-state index contributed by atoms with van der Waals surface area (Å²) in [6.07, 6.45) is 5.80. The summed E-state index contributed by atoms with van der Waals surface area (Å²) in [7, 11) is 1.73. The zero-order valence-corrected chi connectivity index (χ0v) is 20.0. The highest BCUT2D eigenvalue weighted by molar-refractivity contribution is 6.31. The molecule has 0 bridgehead atoms. The monoisotopic (exact) mass is 499 g/mol. The van der Waals surface area contributed by atoms with Gasteiger partial charge in [-0.1, -0.05) is 11.6 Å². The molecule has 0 spiro atoms. The fourth-order valence-corrected chi connectivity index (χ4v) is 4.87. The predicted octanol–water partition coefficient (Wildman–Crippen LogP) is 4.75. The topological polar surface area (TPSA) is 101 Å². The molecule has 1 amide bonds. The van der Waals surface area contributed by atoms with Crippen LogP contribution in [0.15, 0.2) is 30.6 Å². The second kappa shape index (κ2) is 9.26. The second-order valence-electron chi connectivity index (χ2n) is 8.88. The van der Waals surface area contributed by atoms with Crippen LogP contribution >= 0.6 is 11.6 Å². The van der Waals surface area contributed by atoms with Gasteiger partial charge in [0.05, 0.1) is 17.4 Å². The van der Waals surface area contributed by atoms with Gasteiger partial charge in [0.25, 0.3) is 5.91 Å². The van der Waals surface area contributed by atoms with Crippen LogP contribution in [0, 0.1) is 18.6 Å². The summed E-state index contributed by atoms with van der Waals surface area (Å²) in [5.74, 6) is -0.954. The minimum Gasteiger partial charge on any atom is -0.365 e. The number of aromatic amines is 1. The molecule has 1 aromatic carbocycles. The lowest BCUT2D eigenvalue weighted by Gasteiger charge is -2.30. The number of fused-ring (bicyclic) bond motifs is 1. The number of anilines is 1. The SMILES string of the molecule is Cc1cc(C(=O)NC2CCC[C@H](Nc3nc(-c4c[nH]c5c(F)cc(Cl)cc45)ncc3F)C2)n(C)n1. The lowest BCUT2D eigenvalue weighted by Crippen LogP contribution is -2.42. The van der Waals surface area contributed by atoms with Gasteiger partial charge in [0, 0.05) is 41.3 Å². The Labute approximate surface area is 205 Å². The van der Waals surface area contributed by atoms with E-state index in [-0.39, 0.29) is 40.2 Å². The Hall–Kier alpha value is -3.53. The summed E-state index contributed by atoms with van der Waals surface area (Å²) in [4.78, 5) is 24.0. The van der Waals surface area contributed by atoms with E-state index in [2.05, 4.69) is 30.7 Å². The van der Waals surface area contributed by atoms with E-state index in [0.717, 1.165) is 31.2 Å². The quantitative estimate of drug-likeness (QED) is 0.368. The number of carbonyl (C=O) groups is 1. The van der Waals surface area contributed by atoms with Crippen LogP contribution in [0.5, 0.6) is 0 Å². The van der Waals surface area contributed by atoms with Gasteiger partial charge in [-0.3, -0.25) is 9.48 Å². The minimum atomic E-state index is -0.589. The molecule has 3 heterocycles. The van der Waals surface area contributed by atoms with Crippen LogP contribution in [-0.4, -0.2) is 42.7 Å². The Bertz CT molecular complexity index is 1420. The van der Waals surface area contributed by atoms with Crippen LogP contribution in [-0.2, 0) is 7.05 Å². The summed E-state index contributed by atoms with van der Waals surface area (Å²) in [6.45, 7) is 1.84. The number of nitrogens with zero attached hydrogens (tertiary/aromatic N) is 4. The number of aromatic nitrogens is 5. The summed E-state index contributed by atoms with van der Waals surface area (Å²) >= 11 is 6.02. The molecule has 1 unspecified atom stereocenters. The van der Waals surface area contributed by atoms with Gasteiger partial charge in [0.2, 0.25) is 0 Å². The first-order valence-corrected chi connectivity index (χ1v) is 11.7. The van der Waals surface area contributed by atoms with Crippen molar-refractivity contribution in [3.05, 3.63) is 58.6 Å². The van der Waals surface area contributed by atoms with Crippen LogP contribution in [0.25, 0.3) is 22.3 Å².